The average Bonchev–Trinajstić information content (AvgIpc) is 2.50. The molecule has 0 amide bonds. The maximum absolute atomic E-state index is 11.8. The Morgan fingerprint density at radius 3 is 2.40 bits per heavy atom. The Morgan fingerprint density at radius 1 is 1.24 bits per heavy atom. The van der Waals surface area contributed by atoms with E-state index >= 15 is 0 Å². The molecule has 1 aromatic heterocycles. The normalized spacial score (nSPS) is 12.2. The van der Waals surface area contributed by atoms with Crippen molar-refractivity contribution in [3.05, 3.63) is 29.0 Å². The van der Waals surface area contributed by atoms with E-state index in [2.05, 4.69) is 10.3 Å². The zero-order chi connectivity index (χ0) is 18.9. The highest BCUT2D eigenvalue weighted by molar-refractivity contribution is 6.29. The molecule has 25 heavy (non-hydrogen) atoms. The number of ether oxygens (including phenoxy) is 3. The average molecular weight is 373 g/mol. The van der Waals surface area contributed by atoms with Crippen LogP contribution in [-0.4, -0.2) is 42.9 Å². The molecule has 0 spiro atoms. The third-order valence-electron chi connectivity index (χ3n) is 3.21. The number of aromatic nitrogens is 1. The third kappa shape index (κ3) is 7.69. The van der Waals surface area contributed by atoms with E-state index in [1.807, 2.05) is 40.7 Å². The fourth-order valence-corrected chi connectivity index (χ4v) is 2.53. The Kier molecular flexibility index (Phi) is 8.79. The highest BCUT2D eigenvalue weighted by atomic mass is 35.5. The van der Waals surface area contributed by atoms with Gasteiger partial charge in [-0.15, -0.1) is 0 Å². The Labute approximate surface area is 155 Å². The zero-order valence-corrected chi connectivity index (χ0v) is 16.5. The molecule has 1 aromatic rings. The second-order valence-electron chi connectivity index (χ2n) is 6.50. The van der Waals surface area contributed by atoms with Gasteiger partial charge in [0.15, 0.2) is 0 Å². The van der Waals surface area contributed by atoms with Crippen LogP contribution >= 0.6 is 11.6 Å². The lowest BCUT2D eigenvalue weighted by Gasteiger charge is -2.34. The Balaban J connectivity index is 2.73. The van der Waals surface area contributed by atoms with Gasteiger partial charge in [-0.3, -0.25) is 4.79 Å². The van der Waals surface area contributed by atoms with Gasteiger partial charge < -0.3 is 19.5 Å². The minimum Gasteiger partial charge on any atom is -0.460 e. The van der Waals surface area contributed by atoms with Crippen LogP contribution < -0.4 is 5.32 Å². The molecule has 7 heteroatoms. The summed E-state index contributed by atoms with van der Waals surface area (Å²) in [5, 5.41) is 3.59. The standard InChI is InChI=1S/C18H29ClN2O4/c1-6-23-18(24-7-2,14-8-11-21-15(19)12-14)13-20-10-9-16(22)25-17(3,4)5/h8,11-12,20H,6-7,9-10,13H2,1-5H3. The largest absolute Gasteiger partial charge is 0.460 e. The molecular formula is C18H29ClN2O4. The predicted octanol–water partition coefficient (Wildman–Crippen LogP) is 3.28. The van der Waals surface area contributed by atoms with Gasteiger partial charge in [0.05, 0.1) is 13.0 Å². The second kappa shape index (κ2) is 10.1. The predicted molar refractivity (Wildman–Crippen MR) is 97.5 cm³/mol. The number of hydrogen-bond donors (Lipinski definition) is 1. The lowest BCUT2D eigenvalue weighted by atomic mass is 10.1. The van der Waals surface area contributed by atoms with Crippen LogP contribution in [0.1, 0.15) is 46.6 Å². The van der Waals surface area contributed by atoms with Crippen LogP contribution in [0, 0.1) is 0 Å². The van der Waals surface area contributed by atoms with Crippen molar-refractivity contribution in [2.75, 3.05) is 26.3 Å². The number of pyridine rings is 1. The van der Waals surface area contributed by atoms with Gasteiger partial charge in [-0.05, 0) is 46.8 Å². The van der Waals surface area contributed by atoms with Crippen LogP contribution in [0.25, 0.3) is 0 Å². The maximum atomic E-state index is 11.8. The van der Waals surface area contributed by atoms with E-state index < -0.39 is 11.4 Å². The molecule has 0 bridgehead atoms. The first-order chi connectivity index (χ1) is 11.7. The molecule has 0 atom stereocenters. The summed E-state index contributed by atoms with van der Waals surface area (Å²) in [6.45, 7) is 11.1. The van der Waals surface area contributed by atoms with Gasteiger partial charge in [0.2, 0.25) is 5.79 Å². The molecule has 0 aliphatic heterocycles. The summed E-state index contributed by atoms with van der Waals surface area (Å²) in [6.07, 6.45) is 1.88. The monoisotopic (exact) mass is 372 g/mol. The molecule has 0 unspecified atom stereocenters. The summed E-state index contributed by atoms with van der Waals surface area (Å²) >= 11 is 6.01. The summed E-state index contributed by atoms with van der Waals surface area (Å²) < 4.78 is 17.1. The van der Waals surface area contributed by atoms with Gasteiger partial charge in [-0.2, -0.15) is 0 Å². The smallest absolute Gasteiger partial charge is 0.307 e. The van der Waals surface area contributed by atoms with Gasteiger partial charge in [-0.1, -0.05) is 11.6 Å². The number of nitrogens with one attached hydrogen (secondary N) is 1. The molecule has 1 rings (SSSR count). The van der Waals surface area contributed by atoms with Crippen molar-refractivity contribution < 1.29 is 19.0 Å². The number of hydrogen-bond acceptors (Lipinski definition) is 6. The van der Waals surface area contributed by atoms with Crippen molar-refractivity contribution in [1.82, 2.24) is 10.3 Å². The molecular weight excluding hydrogens is 344 g/mol. The van der Waals surface area contributed by atoms with Crippen LogP contribution in [0.2, 0.25) is 5.15 Å². The van der Waals surface area contributed by atoms with Gasteiger partial charge in [-0.25, -0.2) is 4.98 Å². The molecule has 0 saturated carbocycles. The van der Waals surface area contributed by atoms with E-state index in [4.69, 9.17) is 25.8 Å². The van der Waals surface area contributed by atoms with Crippen LogP contribution in [-0.2, 0) is 24.8 Å². The molecule has 0 radical (unpaired) electrons. The molecule has 1 heterocycles. The lowest BCUT2D eigenvalue weighted by molar-refractivity contribution is -0.239. The van der Waals surface area contributed by atoms with Crippen LogP contribution in [0.3, 0.4) is 0 Å². The van der Waals surface area contributed by atoms with E-state index in [9.17, 15) is 4.79 Å². The Morgan fingerprint density at radius 2 is 1.88 bits per heavy atom. The summed E-state index contributed by atoms with van der Waals surface area (Å²) in [7, 11) is 0. The molecule has 0 fully saturated rings. The maximum Gasteiger partial charge on any atom is 0.307 e. The van der Waals surface area contributed by atoms with E-state index in [-0.39, 0.29) is 12.4 Å². The van der Waals surface area contributed by atoms with Crippen molar-refractivity contribution >= 4 is 17.6 Å². The van der Waals surface area contributed by atoms with E-state index in [1.165, 1.54) is 0 Å². The first-order valence-corrected chi connectivity index (χ1v) is 8.92. The van der Waals surface area contributed by atoms with Crippen LogP contribution in [0.5, 0.6) is 0 Å². The SMILES string of the molecule is CCOC(CNCCC(=O)OC(C)(C)C)(OCC)c1ccnc(Cl)c1. The van der Waals surface area contributed by atoms with Crippen molar-refractivity contribution in [2.24, 2.45) is 0 Å². The summed E-state index contributed by atoms with van der Waals surface area (Å²) in [4.78, 5) is 15.8. The number of carbonyl (C=O) groups excluding carboxylic acids is 1. The van der Waals surface area contributed by atoms with Gasteiger partial charge in [0.1, 0.15) is 10.8 Å². The van der Waals surface area contributed by atoms with E-state index in [0.29, 0.717) is 31.5 Å². The number of halogens is 1. The molecule has 6 nitrogen and oxygen atoms in total. The molecule has 0 aliphatic rings. The summed E-state index contributed by atoms with van der Waals surface area (Å²) in [5.74, 6) is -1.23. The highest BCUT2D eigenvalue weighted by Gasteiger charge is 2.34. The Bertz CT molecular complexity index is 540. The first kappa shape index (κ1) is 21.8. The number of rotatable bonds is 10. The summed E-state index contributed by atoms with van der Waals surface area (Å²) in [5.41, 5.74) is 0.298. The molecule has 0 saturated heterocycles. The number of carbonyl (C=O) groups is 1. The Hall–Kier alpha value is -1.21. The number of esters is 1. The third-order valence-corrected chi connectivity index (χ3v) is 3.41. The van der Waals surface area contributed by atoms with Gasteiger partial charge in [0.25, 0.3) is 0 Å². The number of nitrogens with zero attached hydrogens (tertiary/aromatic N) is 1. The fraction of sp³-hybridized carbons (Fsp3) is 0.667. The van der Waals surface area contributed by atoms with Crippen molar-refractivity contribution in [2.45, 2.75) is 52.4 Å². The van der Waals surface area contributed by atoms with E-state index in [0.717, 1.165) is 5.56 Å². The highest BCUT2D eigenvalue weighted by Crippen LogP contribution is 2.28. The van der Waals surface area contributed by atoms with Crippen molar-refractivity contribution in [1.29, 1.82) is 0 Å². The van der Waals surface area contributed by atoms with Crippen LogP contribution in [0.15, 0.2) is 18.3 Å². The zero-order valence-electron chi connectivity index (χ0n) is 15.7. The molecule has 142 valence electrons. The lowest BCUT2D eigenvalue weighted by Crippen LogP contribution is -2.44. The van der Waals surface area contributed by atoms with Crippen molar-refractivity contribution in [3.8, 4) is 0 Å². The fourth-order valence-electron chi connectivity index (χ4n) is 2.35. The van der Waals surface area contributed by atoms with Gasteiger partial charge in [0, 0.05) is 31.5 Å². The summed E-state index contributed by atoms with van der Waals surface area (Å²) in [6, 6.07) is 3.54. The van der Waals surface area contributed by atoms with Crippen molar-refractivity contribution in [3.63, 3.8) is 0 Å². The second-order valence-corrected chi connectivity index (χ2v) is 6.89. The van der Waals surface area contributed by atoms with Gasteiger partial charge >= 0.3 is 5.97 Å². The van der Waals surface area contributed by atoms with E-state index in [1.54, 1.807) is 12.3 Å². The van der Waals surface area contributed by atoms with Crippen LogP contribution in [0.4, 0.5) is 0 Å². The minimum atomic E-state index is -0.982. The topological polar surface area (TPSA) is 69.7 Å². The molecule has 0 aromatic carbocycles. The molecule has 0 aliphatic carbocycles. The quantitative estimate of drug-likeness (QED) is 0.294. The molecule has 1 N–H and O–H groups in total. The minimum absolute atomic E-state index is 0.245. The first-order valence-electron chi connectivity index (χ1n) is 8.55.